The second kappa shape index (κ2) is 6.98. The van der Waals surface area contributed by atoms with Gasteiger partial charge in [-0.05, 0) is 69.0 Å². The van der Waals surface area contributed by atoms with Gasteiger partial charge in [-0.1, -0.05) is 11.3 Å². The first-order valence-electron chi connectivity index (χ1n) is 9.99. The molecule has 7 heteroatoms. The van der Waals surface area contributed by atoms with E-state index in [-0.39, 0.29) is 5.91 Å². The molecule has 0 aliphatic carbocycles. The summed E-state index contributed by atoms with van der Waals surface area (Å²) in [6.07, 6.45) is 3.90. The average Bonchev–Trinajstić information content (AvgIpc) is 3.28. The molecule has 1 amide bonds. The third-order valence-corrected chi connectivity index (χ3v) is 6.25. The monoisotopic (exact) mass is 376 g/mol. The Labute approximate surface area is 163 Å². The van der Waals surface area contributed by atoms with Gasteiger partial charge in [-0.15, -0.1) is 5.10 Å². The molecular weight excluding hydrogens is 352 g/mol. The van der Waals surface area contributed by atoms with Gasteiger partial charge in [-0.3, -0.25) is 9.78 Å². The molecule has 144 valence electrons. The molecule has 0 radical (unpaired) electrons. The molecule has 28 heavy (non-hydrogen) atoms. The lowest BCUT2D eigenvalue weighted by atomic mass is 9.92. The molecule has 0 bridgehead atoms. The van der Waals surface area contributed by atoms with Gasteiger partial charge in [0.2, 0.25) is 0 Å². The third kappa shape index (κ3) is 2.86. The van der Waals surface area contributed by atoms with E-state index in [9.17, 15) is 4.79 Å². The summed E-state index contributed by atoms with van der Waals surface area (Å²) in [6, 6.07) is 9.84. The van der Waals surface area contributed by atoms with Crippen LogP contribution in [-0.2, 0) is 0 Å². The summed E-state index contributed by atoms with van der Waals surface area (Å²) in [4.78, 5) is 19.6. The highest BCUT2D eigenvalue weighted by molar-refractivity contribution is 5.94. The Balaban J connectivity index is 1.44. The fraction of sp³-hybridized carbons (Fsp3) is 0.429. The Kier molecular flexibility index (Phi) is 4.31. The summed E-state index contributed by atoms with van der Waals surface area (Å²) in [5.41, 5.74) is 3.01. The highest BCUT2D eigenvalue weighted by Crippen LogP contribution is 2.28. The second-order valence-electron chi connectivity index (χ2n) is 7.83. The normalized spacial score (nSPS) is 22.2. The summed E-state index contributed by atoms with van der Waals surface area (Å²) in [5.74, 6) is 1.38. The molecule has 1 aromatic carbocycles. The van der Waals surface area contributed by atoms with Crippen molar-refractivity contribution in [1.29, 1.82) is 0 Å². The number of rotatable bonds is 2. The maximum absolute atomic E-state index is 13.2. The maximum atomic E-state index is 13.2. The van der Waals surface area contributed by atoms with Crippen molar-refractivity contribution in [3.63, 3.8) is 0 Å². The lowest BCUT2D eigenvalue weighted by Gasteiger charge is -2.20. The third-order valence-electron chi connectivity index (χ3n) is 6.25. The predicted molar refractivity (Wildman–Crippen MR) is 106 cm³/mol. The van der Waals surface area contributed by atoms with Crippen molar-refractivity contribution < 1.29 is 4.79 Å². The smallest absolute Gasteiger partial charge is 0.276 e. The van der Waals surface area contributed by atoms with Crippen molar-refractivity contribution in [1.82, 2.24) is 30.2 Å². The minimum atomic E-state index is -0.00459. The van der Waals surface area contributed by atoms with E-state index in [2.05, 4.69) is 20.6 Å². The SMILES string of the molecule is Cc1c(C(=O)N2CC[C@@H]3CNC[C@@H]3CC2)nnn1-c1cccc2ncccc12. The Hall–Kier alpha value is -2.80. The molecule has 2 aromatic heterocycles. The lowest BCUT2D eigenvalue weighted by Crippen LogP contribution is -2.33. The first-order valence-corrected chi connectivity index (χ1v) is 9.99. The van der Waals surface area contributed by atoms with Crippen molar-refractivity contribution in [2.75, 3.05) is 26.2 Å². The molecule has 1 N–H and O–H groups in total. The zero-order valence-electron chi connectivity index (χ0n) is 16.0. The predicted octanol–water partition coefficient (Wildman–Crippen LogP) is 2.20. The zero-order valence-corrected chi connectivity index (χ0v) is 16.0. The number of carbonyl (C=O) groups is 1. The summed E-state index contributed by atoms with van der Waals surface area (Å²) in [7, 11) is 0. The van der Waals surface area contributed by atoms with Gasteiger partial charge in [0.1, 0.15) is 0 Å². The van der Waals surface area contributed by atoms with Crippen molar-refractivity contribution in [2.24, 2.45) is 11.8 Å². The van der Waals surface area contributed by atoms with Crippen LogP contribution in [0.3, 0.4) is 0 Å². The van der Waals surface area contributed by atoms with Gasteiger partial charge < -0.3 is 10.2 Å². The zero-order chi connectivity index (χ0) is 19.1. The molecule has 4 heterocycles. The molecule has 3 aromatic rings. The van der Waals surface area contributed by atoms with Gasteiger partial charge in [0.05, 0.1) is 16.9 Å². The van der Waals surface area contributed by atoms with Crippen LogP contribution in [0.2, 0.25) is 0 Å². The number of amides is 1. The summed E-state index contributed by atoms with van der Waals surface area (Å²) >= 11 is 0. The van der Waals surface area contributed by atoms with E-state index in [0.717, 1.165) is 61.3 Å². The molecule has 0 unspecified atom stereocenters. The van der Waals surface area contributed by atoms with E-state index in [1.54, 1.807) is 10.9 Å². The Bertz CT molecular complexity index is 1010. The first-order chi connectivity index (χ1) is 13.7. The molecule has 0 saturated carbocycles. The van der Waals surface area contributed by atoms with E-state index in [1.807, 2.05) is 42.2 Å². The Morgan fingerprint density at radius 2 is 1.89 bits per heavy atom. The molecule has 5 rings (SSSR count). The van der Waals surface area contributed by atoms with Crippen LogP contribution in [0.4, 0.5) is 0 Å². The van der Waals surface area contributed by atoms with Gasteiger partial charge in [0.15, 0.2) is 5.69 Å². The molecule has 2 aliphatic heterocycles. The molecule has 2 fully saturated rings. The Morgan fingerprint density at radius 3 is 2.68 bits per heavy atom. The van der Waals surface area contributed by atoms with Crippen molar-refractivity contribution in [3.8, 4) is 5.69 Å². The van der Waals surface area contributed by atoms with Crippen LogP contribution < -0.4 is 5.32 Å². The van der Waals surface area contributed by atoms with E-state index >= 15 is 0 Å². The van der Waals surface area contributed by atoms with Gasteiger partial charge in [-0.25, -0.2) is 4.68 Å². The Morgan fingerprint density at radius 1 is 1.11 bits per heavy atom. The molecule has 2 aliphatic rings. The molecule has 2 atom stereocenters. The van der Waals surface area contributed by atoms with Crippen molar-refractivity contribution in [2.45, 2.75) is 19.8 Å². The largest absolute Gasteiger partial charge is 0.337 e. The van der Waals surface area contributed by atoms with E-state index in [4.69, 9.17) is 0 Å². The number of likely N-dealkylation sites (tertiary alicyclic amines) is 1. The number of hydrogen-bond acceptors (Lipinski definition) is 5. The number of fused-ring (bicyclic) bond motifs is 2. The van der Waals surface area contributed by atoms with E-state index < -0.39 is 0 Å². The standard InChI is InChI=1S/C21H24N6O/c1-14-20(21(28)26-10-7-15-12-22-13-16(15)8-11-26)24-25-27(14)19-6-2-5-18-17(19)4-3-9-23-18/h2-6,9,15-16,22H,7-8,10-13H2,1H3/t15-,16+. The number of nitrogens with one attached hydrogen (secondary N) is 1. The second-order valence-corrected chi connectivity index (χ2v) is 7.83. The van der Waals surface area contributed by atoms with Crippen LogP contribution in [0.25, 0.3) is 16.6 Å². The number of carbonyl (C=O) groups excluding carboxylic acids is 1. The molecule has 0 spiro atoms. The van der Waals surface area contributed by atoms with Crippen molar-refractivity contribution in [3.05, 3.63) is 47.9 Å². The first kappa shape index (κ1) is 17.3. The lowest BCUT2D eigenvalue weighted by molar-refractivity contribution is 0.0751. The van der Waals surface area contributed by atoms with Crippen molar-refractivity contribution >= 4 is 16.8 Å². The van der Waals surface area contributed by atoms with Gasteiger partial charge >= 0.3 is 0 Å². The van der Waals surface area contributed by atoms with Gasteiger partial charge in [0.25, 0.3) is 5.91 Å². The minimum Gasteiger partial charge on any atom is -0.337 e. The van der Waals surface area contributed by atoms with Gasteiger partial charge in [0, 0.05) is 24.7 Å². The number of benzene rings is 1. The molecular formula is C21H24N6O. The van der Waals surface area contributed by atoms with Crippen LogP contribution in [-0.4, -0.2) is 57.0 Å². The van der Waals surface area contributed by atoms with Gasteiger partial charge in [-0.2, -0.15) is 0 Å². The topological polar surface area (TPSA) is 75.9 Å². The van der Waals surface area contributed by atoms with E-state index in [1.165, 1.54) is 0 Å². The fourth-order valence-electron chi connectivity index (χ4n) is 4.60. The van der Waals surface area contributed by atoms with Crippen LogP contribution >= 0.6 is 0 Å². The highest BCUT2D eigenvalue weighted by atomic mass is 16.2. The number of aromatic nitrogens is 4. The van der Waals surface area contributed by atoms with Crippen LogP contribution in [0.1, 0.15) is 29.0 Å². The summed E-state index contributed by atoms with van der Waals surface area (Å²) < 4.78 is 1.76. The van der Waals surface area contributed by atoms with Crippen LogP contribution in [0.5, 0.6) is 0 Å². The minimum absolute atomic E-state index is 0.00459. The van der Waals surface area contributed by atoms with E-state index in [0.29, 0.717) is 17.5 Å². The number of hydrogen-bond donors (Lipinski definition) is 1. The fourth-order valence-corrected chi connectivity index (χ4v) is 4.60. The van der Waals surface area contributed by atoms with Crippen LogP contribution in [0, 0.1) is 18.8 Å². The van der Waals surface area contributed by atoms with Crippen LogP contribution in [0.15, 0.2) is 36.5 Å². The maximum Gasteiger partial charge on any atom is 0.276 e. The molecule has 2 saturated heterocycles. The number of nitrogens with zero attached hydrogens (tertiary/aromatic N) is 5. The quantitative estimate of drug-likeness (QED) is 0.742. The molecule has 7 nitrogen and oxygen atoms in total. The summed E-state index contributed by atoms with van der Waals surface area (Å²) in [5, 5.41) is 13.1. The highest BCUT2D eigenvalue weighted by Gasteiger charge is 2.33. The average molecular weight is 376 g/mol. The number of pyridine rings is 1. The summed E-state index contributed by atoms with van der Waals surface area (Å²) in [6.45, 7) is 5.67.